The van der Waals surface area contributed by atoms with Gasteiger partial charge >= 0.3 is 0 Å². The number of Topliss-reactive ketones (excluding diaryl/α,β-unsaturated/α-hetero) is 2. The van der Waals surface area contributed by atoms with E-state index in [-0.39, 0.29) is 5.78 Å². The van der Waals surface area contributed by atoms with Crippen LogP contribution in [0.15, 0.2) is 160 Å². The summed E-state index contributed by atoms with van der Waals surface area (Å²) in [4.78, 5) is 29.0. The molecule has 0 bridgehead atoms. The number of carbonyl (C=O) groups is 2. The molecule has 0 unspecified atom stereocenters. The number of allylic oxidation sites excluding steroid dienone is 1. The highest BCUT2D eigenvalue weighted by atomic mass is 79.9. The third kappa shape index (κ3) is 8.24. The second-order valence-corrected chi connectivity index (χ2v) is 17.4. The fourth-order valence-electron chi connectivity index (χ4n) is 9.02. The van der Waals surface area contributed by atoms with E-state index in [1.54, 1.807) is 0 Å². The number of aryl methyl sites for hydroxylation is 4. The summed E-state index contributed by atoms with van der Waals surface area (Å²) in [6.07, 6.45) is 10.9. The van der Waals surface area contributed by atoms with Crippen molar-refractivity contribution in [3.8, 4) is 33.6 Å². The van der Waals surface area contributed by atoms with E-state index in [0.29, 0.717) is 5.78 Å². The zero-order chi connectivity index (χ0) is 40.3. The molecule has 1 aromatic heterocycles. The molecule has 1 heterocycles. The number of hydrogen-bond acceptors (Lipinski definition) is 3. The van der Waals surface area contributed by atoms with Gasteiger partial charge in [0.1, 0.15) is 0 Å². The average Bonchev–Trinajstić information content (AvgIpc) is 3.28. The fourth-order valence-corrected chi connectivity index (χ4v) is 9.55. The molecule has 290 valence electrons. The van der Waals surface area contributed by atoms with Gasteiger partial charge in [0.2, 0.25) is 0 Å². The molecule has 59 heavy (non-hydrogen) atoms. The Morgan fingerprint density at radius 3 is 1.46 bits per heavy atom. The number of carbonyl (C=O) groups excluding carboxylic acids is 2. The Morgan fingerprint density at radius 2 is 0.898 bits per heavy atom. The van der Waals surface area contributed by atoms with Crippen molar-refractivity contribution >= 4 is 49.5 Å². The minimum absolute atomic E-state index is 0.171. The number of pyridine rings is 1. The number of fused-ring (bicyclic) bond motifs is 8. The van der Waals surface area contributed by atoms with Crippen LogP contribution in [-0.2, 0) is 38.5 Å². The standard InChI is InChI=1S/C27H20BrN.C17H13BrO.C10H10O/c28-20-13-9-19(10-14-20)25-23-15-11-17-5-1-3-7-21(17)26(23)29-27-22-8-4-2-6-18(22)12-16-24(25)27;18-15-9-5-12(6-10-15)11-14-8-7-13-3-1-2-4-16(13)17(14)19;11-10-7-3-5-8-4-1-2-6-9(8)10/h1-10,13-14H,11-12,15-16H2;1-6,9-11H,7-8H2;1-2,4,6H,3,5,7H2/b;14-11+;. The monoisotopic (exact) mass is 895 g/mol. The van der Waals surface area contributed by atoms with E-state index in [4.69, 9.17) is 4.98 Å². The first-order valence-electron chi connectivity index (χ1n) is 20.6. The predicted octanol–water partition coefficient (Wildman–Crippen LogP) is 13.9. The summed E-state index contributed by atoms with van der Waals surface area (Å²) in [6, 6.07) is 50.2. The van der Waals surface area contributed by atoms with Crippen molar-refractivity contribution in [3.63, 3.8) is 0 Å². The normalized spacial score (nSPS) is 15.1. The number of nitrogens with zero attached hydrogens (tertiary/aromatic N) is 1. The summed E-state index contributed by atoms with van der Waals surface area (Å²) in [5, 5.41) is 0. The molecular weight excluding hydrogens is 854 g/mol. The van der Waals surface area contributed by atoms with E-state index in [1.807, 2.05) is 78.9 Å². The first kappa shape index (κ1) is 39.0. The number of rotatable bonds is 2. The Morgan fingerprint density at radius 1 is 0.441 bits per heavy atom. The summed E-state index contributed by atoms with van der Waals surface area (Å²) in [5.74, 6) is 0.483. The van der Waals surface area contributed by atoms with E-state index < -0.39 is 0 Å². The lowest BCUT2D eigenvalue weighted by Crippen LogP contribution is -2.14. The van der Waals surface area contributed by atoms with Gasteiger partial charge in [-0.2, -0.15) is 0 Å². The molecule has 0 radical (unpaired) electrons. The van der Waals surface area contributed by atoms with Crippen molar-refractivity contribution in [1.82, 2.24) is 4.98 Å². The first-order valence-corrected chi connectivity index (χ1v) is 22.2. The van der Waals surface area contributed by atoms with Gasteiger partial charge in [0.25, 0.3) is 0 Å². The van der Waals surface area contributed by atoms with Crippen molar-refractivity contribution in [2.45, 2.75) is 57.8 Å². The van der Waals surface area contributed by atoms with Crippen molar-refractivity contribution in [2.24, 2.45) is 0 Å². The van der Waals surface area contributed by atoms with Gasteiger partial charge in [-0.1, -0.05) is 153 Å². The van der Waals surface area contributed by atoms with E-state index in [2.05, 4.69) is 105 Å². The molecule has 7 aromatic rings. The van der Waals surface area contributed by atoms with Crippen LogP contribution in [0, 0.1) is 0 Å². The Labute approximate surface area is 363 Å². The van der Waals surface area contributed by atoms with Crippen LogP contribution in [0.3, 0.4) is 0 Å². The highest BCUT2D eigenvalue weighted by Gasteiger charge is 2.29. The summed E-state index contributed by atoms with van der Waals surface area (Å²) in [7, 11) is 0. The number of aromatic nitrogens is 1. The van der Waals surface area contributed by atoms with Gasteiger partial charge < -0.3 is 0 Å². The number of hydrogen-bond donors (Lipinski definition) is 0. The summed E-state index contributed by atoms with van der Waals surface area (Å²) in [5.41, 5.74) is 19.5. The zero-order valence-corrected chi connectivity index (χ0v) is 36.0. The number of benzene rings is 6. The second kappa shape index (κ2) is 17.4. The predicted molar refractivity (Wildman–Crippen MR) is 248 cm³/mol. The van der Waals surface area contributed by atoms with Crippen LogP contribution in [0.2, 0.25) is 0 Å². The molecule has 0 amide bonds. The molecule has 6 aromatic carbocycles. The first-order chi connectivity index (χ1) is 28.9. The van der Waals surface area contributed by atoms with Gasteiger partial charge in [0, 0.05) is 43.2 Å². The third-order valence-corrected chi connectivity index (χ3v) is 13.0. The molecule has 3 nitrogen and oxygen atoms in total. The Hall–Kier alpha value is -5.49. The quantitative estimate of drug-likeness (QED) is 0.162. The van der Waals surface area contributed by atoms with Crippen LogP contribution in [0.1, 0.15) is 78.9 Å². The molecule has 11 rings (SSSR count). The van der Waals surface area contributed by atoms with Crippen molar-refractivity contribution in [2.75, 3.05) is 0 Å². The number of halogens is 2. The molecule has 0 aliphatic heterocycles. The van der Waals surface area contributed by atoms with Gasteiger partial charge in [-0.05, 0) is 132 Å². The Balaban J connectivity index is 0.000000128. The third-order valence-electron chi connectivity index (χ3n) is 12.0. The van der Waals surface area contributed by atoms with E-state index in [9.17, 15) is 9.59 Å². The maximum Gasteiger partial charge on any atom is 0.189 e. The minimum Gasteiger partial charge on any atom is -0.294 e. The van der Waals surface area contributed by atoms with E-state index >= 15 is 0 Å². The fraction of sp³-hybridized carbons (Fsp3) is 0.167. The topological polar surface area (TPSA) is 47.0 Å². The van der Waals surface area contributed by atoms with Crippen LogP contribution in [0.25, 0.3) is 39.7 Å². The maximum absolute atomic E-state index is 12.4. The molecule has 0 saturated carbocycles. The maximum atomic E-state index is 12.4. The van der Waals surface area contributed by atoms with Gasteiger partial charge in [0.15, 0.2) is 11.6 Å². The van der Waals surface area contributed by atoms with Crippen LogP contribution >= 0.6 is 31.9 Å². The highest BCUT2D eigenvalue weighted by molar-refractivity contribution is 9.10. The van der Waals surface area contributed by atoms with E-state index in [1.165, 1.54) is 67.0 Å². The van der Waals surface area contributed by atoms with Crippen molar-refractivity contribution in [3.05, 3.63) is 210 Å². The molecule has 4 aliphatic carbocycles. The molecule has 5 heteroatoms. The summed E-state index contributed by atoms with van der Waals surface area (Å²) < 4.78 is 2.17. The zero-order valence-electron chi connectivity index (χ0n) is 32.8. The van der Waals surface area contributed by atoms with Gasteiger partial charge in [-0.25, -0.2) is 4.98 Å². The van der Waals surface area contributed by atoms with Crippen LogP contribution in [0.5, 0.6) is 0 Å². The molecule has 0 fully saturated rings. The van der Waals surface area contributed by atoms with Crippen LogP contribution < -0.4 is 0 Å². The highest BCUT2D eigenvalue weighted by Crippen LogP contribution is 2.45. The molecular formula is C54H43Br2NO2. The minimum atomic E-state index is 0.171. The lowest BCUT2D eigenvalue weighted by atomic mass is 9.78. The van der Waals surface area contributed by atoms with Gasteiger partial charge in [-0.3, -0.25) is 9.59 Å². The Bertz CT molecular complexity index is 2670. The molecule has 0 N–H and O–H groups in total. The van der Waals surface area contributed by atoms with Crippen molar-refractivity contribution in [1.29, 1.82) is 0 Å². The molecule has 0 saturated heterocycles. The van der Waals surface area contributed by atoms with Gasteiger partial charge in [0.05, 0.1) is 11.4 Å². The molecule has 0 spiro atoms. The average molecular weight is 898 g/mol. The largest absolute Gasteiger partial charge is 0.294 e. The lowest BCUT2D eigenvalue weighted by Gasteiger charge is -2.29. The Kier molecular flexibility index (Phi) is 11.5. The smallest absolute Gasteiger partial charge is 0.189 e. The van der Waals surface area contributed by atoms with Crippen LogP contribution in [-0.4, -0.2) is 16.6 Å². The lowest BCUT2D eigenvalue weighted by molar-refractivity contribution is 0.0971. The second-order valence-electron chi connectivity index (χ2n) is 15.6. The number of ketones is 2. The van der Waals surface area contributed by atoms with Crippen LogP contribution in [0.4, 0.5) is 0 Å². The SMILES string of the molecule is Brc1ccc(-c2c3c(nc4c2CCc2ccccc2-4)-c2ccccc2CC3)cc1.O=C1/C(=C/c2ccc(Br)cc2)CCc2ccccc21.O=C1CCCc2ccccc21. The summed E-state index contributed by atoms with van der Waals surface area (Å²) in [6.45, 7) is 0. The molecule has 0 atom stereocenters. The van der Waals surface area contributed by atoms with Crippen molar-refractivity contribution < 1.29 is 9.59 Å². The van der Waals surface area contributed by atoms with Gasteiger partial charge in [-0.15, -0.1) is 0 Å². The molecule has 4 aliphatic rings. The van der Waals surface area contributed by atoms with E-state index in [0.717, 1.165) is 89.0 Å². The summed E-state index contributed by atoms with van der Waals surface area (Å²) >= 11 is 7.01.